The predicted molar refractivity (Wildman–Crippen MR) is 124 cm³/mol. The van der Waals surface area contributed by atoms with Gasteiger partial charge < -0.3 is 14.5 Å². The molecule has 2 aromatic heterocycles. The maximum absolute atomic E-state index is 12.6. The van der Waals surface area contributed by atoms with Gasteiger partial charge in [-0.1, -0.05) is 38.1 Å². The standard InChI is InChI=1S/C26H27N3O3/c1-3-19(2)21-8-10-23(11-9-21)31-18-24-12-13-25(32-24)26(30)28-22-7-4-6-20(16-22)17-29-15-5-14-27-29/h4-16,19H,3,17-18H2,1-2H3,(H,28,30). The van der Waals surface area contributed by atoms with Crippen molar-refractivity contribution >= 4 is 11.6 Å². The molecule has 1 amide bonds. The molecule has 0 spiro atoms. The van der Waals surface area contributed by atoms with Crippen molar-refractivity contribution in [1.29, 1.82) is 0 Å². The minimum Gasteiger partial charge on any atom is -0.486 e. The molecule has 4 rings (SSSR count). The van der Waals surface area contributed by atoms with Gasteiger partial charge in [0.2, 0.25) is 0 Å². The van der Waals surface area contributed by atoms with Crippen molar-refractivity contribution in [2.75, 3.05) is 5.32 Å². The Labute approximate surface area is 187 Å². The first kappa shape index (κ1) is 21.4. The lowest BCUT2D eigenvalue weighted by Gasteiger charge is -2.10. The summed E-state index contributed by atoms with van der Waals surface area (Å²) in [7, 11) is 0. The van der Waals surface area contributed by atoms with Crippen LogP contribution in [0.2, 0.25) is 0 Å². The highest BCUT2D eigenvalue weighted by Gasteiger charge is 2.12. The largest absolute Gasteiger partial charge is 0.486 e. The molecule has 0 fully saturated rings. The van der Waals surface area contributed by atoms with E-state index in [1.165, 1.54) is 5.56 Å². The highest BCUT2D eigenvalue weighted by atomic mass is 16.5. The molecule has 0 aliphatic rings. The van der Waals surface area contributed by atoms with Crippen molar-refractivity contribution in [2.24, 2.45) is 0 Å². The Kier molecular flexibility index (Phi) is 6.70. The number of anilines is 1. The van der Waals surface area contributed by atoms with Crippen molar-refractivity contribution < 1.29 is 13.9 Å². The number of carbonyl (C=O) groups excluding carboxylic acids is 1. The molecule has 0 aliphatic carbocycles. The number of rotatable bonds is 9. The molecule has 0 aliphatic heterocycles. The Balaban J connectivity index is 1.33. The summed E-state index contributed by atoms with van der Waals surface area (Å²) in [6.07, 6.45) is 4.75. The fourth-order valence-electron chi connectivity index (χ4n) is 3.38. The molecule has 0 saturated carbocycles. The lowest BCUT2D eigenvalue weighted by molar-refractivity contribution is 0.0992. The van der Waals surface area contributed by atoms with Gasteiger partial charge in [0.25, 0.3) is 5.91 Å². The van der Waals surface area contributed by atoms with Crippen LogP contribution in [-0.4, -0.2) is 15.7 Å². The number of hydrogen-bond acceptors (Lipinski definition) is 4. The zero-order valence-corrected chi connectivity index (χ0v) is 18.3. The summed E-state index contributed by atoms with van der Waals surface area (Å²) in [6.45, 7) is 5.28. The molecule has 1 atom stereocenters. The van der Waals surface area contributed by atoms with Crippen LogP contribution in [-0.2, 0) is 13.2 Å². The summed E-state index contributed by atoms with van der Waals surface area (Å²) in [4.78, 5) is 12.6. The van der Waals surface area contributed by atoms with Gasteiger partial charge in [0.15, 0.2) is 5.76 Å². The first-order valence-corrected chi connectivity index (χ1v) is 10.8. The second-order valence-corrected chi connectivity index (χ2v) is 7.79. The molecule has 2 heterocycles. The van der Waals surface area contributed by atoms with Crippen LogP contribution in [0.4, 0.5) is 5.69 Å². The molecule has 32 heavy (non-hydrogen) atoms. The van der Waals surface area contributed by atoms with Gasteiger partial charge in [-0.25, -0.2) is 0 Å². The second kappa shape index (κ2) is 10.0. The van der Waals surface area contributed by atoms with Gasteiger partial charge in [-0.3, -0.25) is 9.48 Å². The Morgan fingerprint density at radius 3 is 2.72 bits per heavy atom. The van der Waals surface area contributed by atoms with Gasteiger partial charge in [0.1, 0.15) is 18.1 Å². The maximum atomic E-state index is 12.6. The number of aromatic nitrogens is 2. The molecule has 1 N–H and O–H groups in total. The quantitative estimate of drug-likeness (QED) is 0.361. The topological polar surface area (TPSA) is 69.3 Å². The Morgan fingerprint density at radius 2 is 1.97 bits per heavy atom. The molecule has 2 aromatic carbocycles. The zero-order valence-electron chi connectivity index (χ0n) is 18.3. The highest BCUT2D eigenvalue weighted by Crippen LogP contribution is 2.22. The average Bonchev–Trinajstić information content (AvgIpc) is 3.50. The predicted octanol–water partition coefficient (Wildman–Crippen LogP) is 5.87. The van der Waals surface area contributed by atoms with E-state index >= 15 is 0 Å². The fourth-order valence-corrected chi connectivity index (χ4v) is 3.38. The smallest absolute Gasteiger partial charge is 0.291 e. The summed E-state index contributed by atoms with van der Waals surface area (Å²) in [5, 5.41) is 7.09. The van der Waals surface area contributed by atoms with Gasteiger partial charge in [-0.15, -0.1) is 0 Å². The van der Waals surface area contributed by atoms with Gasteiger partial charge >= 0.3 is 0 Å². The van der Waals surface area contributed by atoms with E-state index < -0.39 is 0 Å². The van der Waals surface area contributed by atoms with Crippen LogP contribution < -0.4 is 10.1 Å². The molecule has 0 radical (unpaired) electrons. The lowest BCUT2D eigenvalue weighted by atomic mass is 9.99. The molecule has 6 nitrogen and oxygen atoms in total. The third kappa shape index (κ3) is 5.46. The van der Waals surface area contributed by atoms with E-state index in [-0.39, 0.29) is 18.3 Å². The lowest BCUT2D eigenvalue weighted by Crippen LogP contribution is -2.11. The van der Waals surface area contributed by atoms with E-state index in [0.29, 0.717) is 23.9 Å². The molecule has 0 bridgehead atoms. The van der Waals surface area contributed by atoms with Crippen LogP contribution in [0.3, 0.4) is 0 Å². The van der Waals surface area contributed by atoms with Crippen LogP contribution in [0.15, 0.2) is 83.5 Å². The third-order valence-electron chi connectivity index (χ3n) is 5.42. The summed E-state index contributed by atoms with van der Waals surface area (Å²) in [6, 6.07) is 21.1. The normalized spacial score (nSPS) is 11.8. The van der Waals surface area contributed by atoms with Crippen molar-refractivity contribution in [1.82, 2.24) is 9.78 Å². The van der Waals surface area contributed by atoms with E-state index in [1.54, 1.807) is 18.3 Å². The molecular weight excluding hydrogens is 402 g/mol. The SMILES string of the molecule is CCC(C)c1ccc(OCc2ccc(C(=O)Nc3cccc(Cn4cccn4)c3)o2)cc1. The zero-order chi connectivity index (χ0) is 22.3. The molecular formula is C26H27N3O3. The van der Waals surface area contributed by atoms with Gasteiger partial charge in [-0.05, 0) is 65.9 Å². The minimum absolute atomic E-state index is 0.244. The minimum atomic E-state index is -0.301. The monoisotopic (exact) mass is 429 g/mol. The number of nitrogens with one attached hydrogen (secondary N) is 1. The Morgan fingerprint density at radius 1 is 1.12 bits per heavy atom. The van der Waals surface area contributed by atoms with E-state index in [4.69, 9.17) is 9.15 Å². The number of amides is 1. The van der Waals surface area contributed by atoms with Crippen LogP contribution in [0, 0.1) is 0 Å². The van der Waals surface area contributed by atoms with E-state index in [9.17, 15) is 4.79 Å². The van der Waals surface area contributed by atoms with Gasteiger partial charge in [0, 0.05) is 18.1 Å². The van der Waals surface area contributed by atoms with Crippen LogP contribution in [0.25, 0.3) is 0 Å². The van der Waals surface area contributed by atoms with Crippen LogP contribution in [0.1, 0.15) is 53.6 Å². The Bertz CT molecular complexity index is 1150. The highest BCUT2D eigenvalue weighted by molar-refractivity contribution is 6.02. The molecule has 164 valence electrons. The maximum Gasteiger partial charge on any atom is 0.291 e. The van der Waals surface area contributed by atoms with Crippen LogP contribution in [0.5, 0.6) is 5.75 Å². The van der Waals surface area contributed by atoms with Crippen LogP contribution >= 0.6 is 0 Å². The number of nitrogens with zero attached hydrogens (tertiary/aromatic N) is 2. The summed E-state index contributed by atoms with van der Waals surface area (Å²) >= 11 is 0. The van der Waals surface area contributed by atoms with Gasteiger partial charge in [0.05, 0.1) is 6.54 Å². The molecule has 0 saturated heterocycles. The van der Waals surface area contributed by atoms with Crippen molar-refractivity contribution in [3.63, 3.8) is 0 Å². The first-order chi connectivity index (χ1) is 15.6. The summed E-state index contributed by atoms with van der Waals surface area (Å²) < 4.78 is 13.3. The molecule has 6 heteroatoms. The van der Waals surface area contributed by atoms with Crippen molar-refractivity contribution in [2.45, 2.75) is 39.3 Å². The number of benzene rings is 2. The van der Waals surface area contributed by atoms with E-state index in [1.807, 2.05) is 53.3 Å². The molecule has 4 aromatic rings. The fraction of sp³-hybridized carbons (Fsp3) is 0.231. The van der Waals surface area contributed by atoms with E-state index in [2.05, 4.69) is 36.4 Å². The summed E-state index contributed by atoms with van der Waals surface area (Å²) in [5.41, 5.74) is 3.04. The second-order valence-electron chi connectivity index (χ2n) is 7.79. The molecule has 1 unspecified atom stereocenters. The average molecular weight is 430 g/mol. The number of ether oxygens (including phenoxy) is 1. The van der Waals surface area contributed by atoms with Gasteiger partial charge in [-0.2, -0.15) is 5.10 Å². The Hall–Kier alpha value is -3.80. The number of hydrogen-bond donors (Lipinski definition) is 1. The summed E-state index contributed by atoms with van der Waals surface area (Å²) in [5.74, 6) is 1.84. The van der Waals surface area contributed by atoms with E-state index in [0.717, 1.165) is 17.7 Å². The number of furan rings is 1. The van der Waals surface area contributed by atoms with Crippen molar-refractivity contribution in [3.8, 4) is 5.75 Å². The van der Waals surface area contributed by atoms with Crippen molar-refractivity contribution in [3.05, 3.63) is 102 Å². The first-order valence-electron chi connectivity index (χ1n) is 10.8. The number of carbonyl (C=O) groups is 1. The third-order valence-corrected chi connectivity index (χ3v) is 5.42.